The first-order chi connectivity index (χ1) is 11.9. The molecule has 130 valence electrons. The first-order valence-electron chi connectivity index (χ1n) is 8.03. The molecule has 0 aliphatic carbocycles. The van der Waals surface area contributed by atoms with E-state index in [9.17, 15) is 17.6 Å². The van der Waals surface area contributed by atoms with E-state index in [2.05, 4.69) is 4.40 Å². The maximum Gasteiger partial charge on any atom is 0.259 e. The average molecular weight is 361 g/mol. The summed E-state index contributed by atoms with van der Waals surface area (Å²) in [6.07, 6.45) is 6.15. The van der Waals surface area contributed by atoms with Crippen LogP contribution in [-0.4, -0.2) is 43.9 Å². The molecule has 0 spiro atoms. The largest absolute Gasteiger partial charge is 0.330 e. The van der Waals surface area contributed by atoms with Gasteiger partial charge in [-0.25, -0.2) is 12.8 Å². The molecule has 0 saturated heterocycles. The van der Waals surface area contributed by atoms with E-state index >= 15 is 0 Å². The zero-order valence-corrected chi connectivity index (χ0v) is 14.2. The third kappa shape index (κ3) is 2.86. The van der Waals surface area contributed by atoms with Gasteiger partial charge in [0.1, 0.15) is 11.7 Å². The SMILES string of the molecule is O=C(C1=CN2CCS(=O)(=O)N=C2C=C1)N1CCCc2cccc(F)c21. The number of rotatable bonds is 1. The number of hydrogen-bond acceptors (Lipinski definition) is 4. The van der Waals surface area contributed by atoms with E-state index < -0.39 is 15.8 Å². The fourth-order valence-electron chi connectivity index (χ4n) is 3.29. The van der Waals surface area contributed by atoms with Gasteiger partial charge in [-0.15, -0.1) is 4.40 Å². The Morgan fingerprint density at radius 3 is 2.88 bits per heavy atom. The summed E-state index contributed by atoms with van der Waals surface area (Å²) in [5, 5.41) is 0. The van der Waals surface area contributed by atoms with Crippen molar-refractivity contribution < 1.29 is 17.6 Å². The summed E-state index contributed by atoms with van der Waals surface area (Å²) in [6, 6.07) is 4.85. The first-order valence-corrected chi connectivity index (χ1v) is 9.64. The number of nitrogens with zero attached hydrogens (tertiary/aromatic N) is 3. The van der Waals surface area contributed by atoms with Gasteiger partial charge in [0.2, 0.25) is 0 Å². The predicted octanol–water partition coefficient (Wildman–Crippen LogP) is 1.60. The molecule has 0 unspecified atom stereocenters. The Labute approximate surface area is 145 Å². The fourth-order valence-corrected chi connectivity index (χ4v) is 4.26. The molecule has 0 fully saturated rings. The van der Waals surface area contributed by atoms with Gasteiger partial charge in [0.25, 0.3) is 15.9 Å². The van der Waals surface area contributed by atoms with Gasteiger partial charge in [-0.05, 0) is 36.6 Å². The van der Waals surface area contributed by atoms with Gasteiger partial charge >= 0.3 is 0 Å². The molecule has 8 heteroatoms. The van der Waals surface area contributed by atoms with Crippen molar-refractivity contribution in [1.29, 1.82) is 0 Å². The fraction of sp³-hybridized carbons (Fsp3) is 0.294. The van der Waals surface area contributed by atoms with Crippen LogP contribution in [0.3, 0.4) is 0 Å². The molecule has 3 aliphatic rings. The lowest BCUT2D eigenvalue weighted by atomic mass is 10.00. The molecule has 1 aromatic carbocycles. The zero-order valence-electron chi connectivity index (χ0n) is 13.4. The smallest absolute Gasteiger partial charge is 0.259 e. The number of carbonyl (C=O) groups is 1. The summed E-state index contributed by atoms with van der Waals surface area (Å²) in [6.45, 7) is 0.695. The minimum Gasteiger partial charge on any atom is -0.330 e. The van der Waals surface area contributed by atoms with Crippen molar-refractivity contribution in [1.82, 2.24) is 4.90 Å². The standard InChI is InChI=1S/C17H16FN3O3S/c18-14-5-1-3-12-4-2-8-21(16(12)14)17(22)13-6-7-15-19-25(23,24)10-9-20(15)11-13/h1,3,5-7,11H,2,4,8-10H2. The van der Waals surface area contributed by atoms with Gasteiger partial charge in [0, 0.05) is 19.3 Å². The molecule has 0 aromatic heterocycles. The molecule has 6 nitrogen and oxygen atoms in total. The molecule has 0 radical (unpaired) electrons. The summed E-state index contributed by atoms with van der Waals surface area (Å²) in [4.78, 5) is 16.0. The second-order valence-electron chi connectivity index (χ2n) is 6.15. The lowest BCUT2D eigenvalue weighted by molar-refractivity contribution is -0.115. The van der Waals surface area contributed by atoms with E-state index in [1.54, 1.807) is 17.2 Å². The Hall–Kier alpha value is -2.48. The highest BCUT2D eigenvalue weighted by Crippen LogP contribution is 2.31. The minimum atomic E-state index is -3.44. The molecular weight excluding hydrogens is 345 g/mol. The Kier molecular flexibility index (Phi) is 3.72. The highest BCUT2D eigenvalue weighted by Gasteiger charge is 2.30. The van der Waals surface area contributed by atoms with Crippen molar-refractivity contribution in [2.75, 3.05) is 23.7 Å². The number of carbonyl (C=O) groups excluding carboxylic acids is 1. The number of amides is 1. The molecule has 1 aromatic rings. The van der Waals surface area contributed by atoms with Crippen molar-refractivity contribution in [3.63, 3.8) is 0 Å². The summed E-state index contributed by atoms with van der Waals surface area (Å²) < 4.78 is 41.1. The number of halogens is 1. The number of fused-ring (bicyclic) bond motifs is 2. The number of hydrogen-bond donors (Lipinski definition) is 0. The quantitative estimate of drug-likeness (QED) is 0.762. The van der Waals surface area contributed by atoms with Gasteiger partial charge in [-0.3, -0.25) is 4.79 Å². The normalized spacial score (nSPS) is 21.2. The Morgan fingerprint density at radius 1 is 1.20 bits per heavy atom. The number of sulfonamides is 1. The van der Waals surface area contributed by atoms with E-state index in [1.165, 1.54) is 23.1 Å². The third-order valence-electron chi connectivity index (χ3n) is 4.48. The van der Waals surface area contributed by atoms with Crippen molar-refractivity contribution in [3.05, 3.63) is 53.5 Å². The summed E-state index contributed by atoms with van der Waals surface area (Å²) >= 11 is 0. The first kappa shape index (κ1) is 16.0. The highest BCUT2D eigenvalue weighted by atomic mass is 32.2. The van der Waals surface area contributed by atoms with Crippen molar-refractivity contribution in [2.24, 2.45) is 4.40 Å². The monoisotopic (exact) mass is 361 g/mol. The maximum atomic E-state index is 14.3. The third-order valence-corrected chi connectivity index (χ3v) is 5.65. The van der Waals surface area contributed by atoms with Gasteiger partial charge in [0.15, 0.2) is 0 Å². The molecule has 0 N–H and O–H groups in total. The number of amidine groups is 1. The molecule has 0 saturated carbocycles. The van der Waals surface area contributed by atoms with Gasteiger partial charge in [0.05, 0.1) is 17.0 Å². The van der Waals surface area contributed by atoms with Crippen molar-refractivity contribution in [3.8, 4) is 0 Å². The van der Waals surface area contributed by atoms with Crippen LogP contribution in [0.2, 0.25) is 0 Å². The van der Waals surface area contributed by atoms with Gasteiger partial charge < -0.3 is 9.80 Å². The summed E-state index contributed by atoms with van der Waals surface area (Å²) in [5.41, 5.74) is 1.55. The molecule has 25 heavy (non-hydrogen) atoms. The number of aryl methyl sites for hydroxylation is 1. The van der Waals surface area contributed by atoms with E-state index in [-0.39, 0.29) is 18.2 Å². The van der Waals surface area contributed by atoms with E-state index in [0.717, 1.165) is 18.4 Å². The Bertz CT molecular complexity index is 950. The van der Waals surface area contributed by atoms with Crippen LogP contribution in [-0.2, 0) is 21.2 Å². The van der Waals surface area contributed by atoms with Crippen LogP contribution >= 0.6 is 0 Å². The van der Waals surface area contributed by atoms with Crippen molar-refractivity contribution in [2.45, 2.75) is 12.8 Å². The van der Waals surface area contributed by atoms with Crippen LogP contribution in [0.1, 0.15) is 12.0 Å². The summed E-state index contributed by atoms with van der Waals surface area (Å²) in [5.74, 6) is -0.496. The summed E-state index contributed by atoms with van der Waals surface area (Å²) in [7, 11) is -3.44. The Morgan fingerprint density at radius 2 is 2.04 bits per heavy atom. The van der Waals surface area contributed by atoms with Crippen LogP contribution in [0, 0.1) is 5.82 Å². The highest BCUT2D eigenvalue weighted by molar-refractivity contribution is 7.90. The second-order valence-corrected chi connectivity index (χ2v) is 7.91. The van der Waals surface area contributed by atoms with Crippen molar-refractivity contribution >= 4 is 27.5 Å². The molecule has 4 rings (SSSR count). The number of benzene rings is 1. The molecule has 0 bridgehead atoms. The number of para-hydroxylation sites is 1. The van der Waals surface area contributed by atoms with Gasteiger partial charge in [-0.2, -0.15) is 0 Å². The number of anilines is 1. The van der Waals surface area contributed by atoms with E-state index in [4.69, 9.17) is 0 Å². The molecule has 3 aliphatic heterocycles. The van der Waals surface area contributed by atoms with E-state index in [0.29, 0.717) is 23.6 Å². The average Bonchev–Trinajstić information content (AvgIpc) is 2.60. The second kappa shape index (κ2) is 5.80. The van der Waals surface area contributed by atoms with Crippen LogP contribution in [0.4, 0.5) is 10.1 Å². The lowest BCUT2D eigenvalue weighted by Gasteiger charge is -2.32. The molecule has 3 heterocycles. The topological polar surface area (TPSA) is 70.0 Å². The van der Waals surface area contributed by atoms with Crippen LogP contribution in [0.5, 0.6) is 0 Å². The lowest BCUT2D eigenvalue weighted by Crippen LogP contribution is -2.40. The minimum absolute atomic E-state index is 0.0938. The van der Waals surface area contributed by atoms with Crippen LogP contribution in [0.15, 0.2) is 46.5 Å². The maximum absolute atomic E-state index is 14.3. The Balaban J connectivity index is 1.66. The zero-order chi connectivity index (χ0) is 17.6. The molecule has 0 atom stereocenters. The van der Waals surface area contributed by atoms with E-state index in [1.807, 2.05) is 6.07 Å². The molecular formula is C17H16FN3O3S. The van der Waals surface area contributed by atoms with Crippen LogP contribution < -0.4 is 4.90 Å². The molecule has 1 amide bonds. The predicted molar refractivity (Wildman–Crippen MR) is 92.2 cm³/mol. The van der Waals surface area contributed by atoms with Crippen LogP contribution in [0.25, 0.3) is 0 Å². The van der Waals surface area contributed by atoms with Gasteiger partial charge in [-0.1, -0.05) is 12.1 Å².